The molecule has 3 nitrogen and oxygen atoms in total. The maximum Gasteiger partial charge on any atom is 0.150 e. The van der Waals surface area contributed by atoms with Crippen molar-refractivity contribution >= 4 is 23.6 Å². The summed E-state index contributed by atoms with van der Waals surface area (Å²) in [6, 6.07) is 5.52. The lowest BCUT2D eigenvalue weighted by Crippen LogP contribution is -2.22. The van der Waals surface area contributed by atoms with E-state index in [2.05, 4.69) is 4.90 Å². The minimum Gasteiger partial charge on any atom is -0.381 e. The number of hydrogen-bond donors (Lipinski definition) is 0. The molecule has 0 amide bonds. The molecule has 0 saturated carbocycles. The van der Waals surface area contributed by atoms with Crippen molar-refractivity contribution in [2.75, 3.05) is 31.2 Å². The number of benzene rings is 1. The van der Waals surface area contributed by atoms with E-state index >= 15 is 0 Å². The van der Waals surface area contributed by atoms with Crippen molar-refractivity contribution in [2.24, 2.45) is 11.8 Å². The molecule has 0 radical (unpaired) electrons. The Labute approximate surface area is 105 Å². The van der Waals surface area contributed by atoms with E-state index < -0.39 is 0 Å². The normalized spacial score (nSPS) is 27.2. The fourth-order valence-corrected chi connectivity index (χ4v) is 2.98. The molecule has 2 saturated heterocycles. The van der Waals surface area contributed by atoms with Crippen molar-refractivity contribution in [3.05, 3.63) is 28.8 Å². The predicted molar refractivity (Wildman–Crippen MR) is 66.9 cm³/mol. The lowest BCUT2D eigenvalue weighted by atomic mass is 10.0. The van der Waals surface area contributed by atoms with Crippen LogP contribution >= 0.6 is 11.6 Å². The zero-order valence-electron chi connectivity index (χ0n) is 9.43. The van der Waals surface area contributed by atoms with Gasteiger partial charge in [-0.05, 0) is 18.2 Å². The quantitative estimate of drug-likeness (QED) is 0.755. The summed E-state index contributed by atoms with van der Waals surface area (Å²) in [5.74, 6) is 1.27. The van der Waals surface area contributed by atoms with E-state index in [0.29, 0.717) is 22.4 Å². The molecule has 17 heavy (non-hydrogen) atoms. The highest BCUT2D eigenvalue weighted by atomic mass is 35.5. The summed E-state index contributed by atoms with van der Waals surface area (Å²) in [5, 5.41) is 0.623. The number of rotatable bonds is 2. The van der Waals surface area contributed by atoms with Crippen molar-refractivity contribution in [3.8, 4) is 0 Å². The van der Waals surface area contributed by atoms with Crippen LogP contribution in [0.25, 0.3) is 0 Å². The molecule has 2 fully saturated rings. The minimum absolute atomic E-state index is 0.623. The number of halogens is 1. The first-order valence-corrected chi connectivity index (χ1v) is 6.22. The molecule has 1 aromatic rings. The molecule has 4 heteroatoms. The number of ether oxygens (including phenoxy) is 1. The van der Waals surface area contributed by atoms with Gasteiger partial charge in [0.1, 0.15) is 6.29 Å². The van der Waals surface area contributed by atoms with Gasteiger partial charge in [0.05, 0.1) is 13.2 Å². The first kappa shape index (κ1) is 11.1. The number of carbonyl (C=O) groups is 1. The topological polar surface area (TPSA) is 29.5 Å². The predicted octanol–water partition coefficient (Wildman–Crippen LogP) is 2.24. The molecule has 0 spiro atoms. The molecular weight excluding hydrogens is 238 g/mol. The molecule has 2 aliphatic rings. The average Bonchev–Trinajstić information content (AvgIpc) is 2.88. The van der Waals surface area contributed by atoms with Crippen molar-refractivity contribution < 1.29 is 9.53 Å². The average molecular weight is 252 g/mol. The van der Waals surface area contributed by atoms with Gasteiger partial charge in [-0.15, -0.1) is 0 Å². The molecule has 0 N–H and O–H groups in total. The summed E-state index contributed by atoms with van der Waals surface area (Å²) in [6.45, 7) is 3.73. The van der Waals surface area contributed by atoms with Crippen LogP contribution in [0.5, 0.6) is 0 Å². The fraction of sp³-hybridized carbons (Fsp3) is 0.462. The summed E-state index contributed by atoms with van der Waals surface area (Å²) in [7, 11) is 0. The second kappa shape index (κ2) is 4.31. The van der Waals surface area contributed by atoms with Gasteiger partial charge in [-0.25, -0.2) is 0 Å². The molecular formula is C13H14ClNO2. The van der Waals surface area contributed by atoms with Crippen LogP contribution < -0.4 is 4.90 Å². The summed E-state index contributed by atoms with van der Waals surface area (Å²) < 4.78 is 5.46. The zero-order chi connectivity index (χ0) is 11.8. The largest absolute Gasteiger partial charge is 0.381 e. The van der Waals surface area contributed by atoms with Crippen LogP contribution in [0.4, 0.5) is 5.69 Å². The molecule has 0 aliphatic carbocycles. The van der Waals surface area contributed by atoms with Gasteiger partial charge in [0.2, 0.25) is 0 Å². The monoisotopic (exact) mass is 251 g/mol. The standard InChI is InChI=1S/C13H14ClNO2/c14-12-1-9(6-16)2-13(3-12)15-4-10-7-17-8-11(10)5-15/h1-3,6,10-11H,4-5,7-8H2. The van der Waals surface area contributed by atoms with Crippen molar-refractivity contribution in [3.63, 3.8) is 0 Å². The Balaban J connectivity index is 1.85. The number of hydrogen-bond acceptors (Lipinski definition) is 3. The maximum atomic E-state index is 10.8. The third kappa shape index (κ3) is 2.05. The number of carbonyl (C=O) groups excluding carboxylic acids is 1. The number of aldehydes is 1. The van der Waals surface area contributed by atoms with Gasteiger partial charge >= 0.3 is 0 Å². The van der Waals surface area contributed by atoms with Gasteiger partial charge in [0, 0.05) is 41.2 Å². The Hall–Kier alpha value is -1.06. The Bertz CT molecular complexity index is 437. The molecule has 1 aromatic carbocycles. The van der Waals surface area contributed by atoms with Crippen LogP contribution in [-0.2, 0) is 4.74 Å². The van der Waals surface area contributed by atoms with Gasteiger partial charge in [-0.2, -0.15) is 0 Å². The van der Waals surface area contributed by atoms with Gasteiger partial charge in [0.15, 0.2) is 0 Å². The fourth-order valence-electron chi connectivity index (χ4n) is 2.74. The maximum absolute atomic E-state index is 10.8. The molecule has 0 bridgehead atoms. The second-order valence-electron chi connectivity index (χ2n) is 4.82. The molecule has 0 aromatic heterocycles. The highest BCUT2D eigenvalue weighted by Crippen LogP contribution is 2.33. The highest BCUT2D eigenvalue weighted by Gasteiger charge is 2.37. The van der Waals surface area contributed by atoms with Gasteiger partial charge in [-0.1, -0.05) is 11.6 Å². The summed E-state index contributed by atoms with van der Waals surface area (Å²) in [4.78, 5) is 13.1. The van der Waals surface area contributed by atoms with Crippen LogP contribution in [0.2, 0.25) is 5.02 Å². The molecule has 2 heterocycles. The summed E-state index contributed by atoms with van der Waals surface area (Å²) in [6.07, 6.45) is 0.843. The molecule has 2 unspecified atom stereocenters. The number of anilines is 1. The van der Waals surface area contributed by atoms with E-state index in [1.807, 2.05) is 12.1 Å². The van der Waals surface area contributed by atoms with E-state index in [9.17, 15) is 4.79 Å². The van der Waals surface area contributed by atoms with E-state index in [1.165, 1.54) is 0 Å². The van der Waals surface area contributed by atoms with Crippen molar-refractivity contribution in [2.45, 2.75) is 0 Å². The molecule has 2 aliphatic heterocycles. The SMILES string of the molecule is O=Cc1cc(Cl)cc(N2CC3COCC3C2)c1. The lowest BCUT2D eigenvalue weighted by molar-refractivity contribution is 0.112. The Morgan fingerprint density at radius 1 is 1.24 bits per heavy atom. The smallest absolute Gasteiger partial charge is 0.150 e. The number of fused-ring (bicyclic) bond motifs is 1. The zero-order valence-corrected chi connectivity index (χ0v) is 10.2. The third-order valence-corrected chi connectivity index (χ3v) is 3.86. The van der Waals surface area contributed by atoms with E-state index in [0.717, 1.165) is 38.3 Å². The first-order valence-electron chi connectivity index (χ1n) is 5.85. The minimum atomic E-state index is 0.623. The van der Waals surface area contributed by atoms with Crippen LogP contribution in [-0.4, -0.2) is 32.6 Å². The Kier molecular flexibility index (Phi) is 2.81. The van der Waals surface area contributed by atoms with Crippen LogP contribution in [0, 0.1) is 11.8 Å². The van der Waals surface area contributed by atoms with Crippen LogP contribution in [0.3, 0.4) is 0 Å². The third-order valence-electron chi connectivity index (χ3n) is 3.65. The molecule has 2 atom stereocenters. The van der Waals surface area contributed by atoms with Gasteiger partial charge < -0.3 is 9.64 Å². The Morgan fingerprint density at radius 2 is 1.94 bits per heavy atom. The molecule has 90 valence electrons. The van der Waals surface area contributed by atoms with E-state index in [4.69, 9.17) is 16.3 Å². The van der Waals surface area contributed by atoms with Gasteiger partial charge in [0.25, 0.3) is 0 Å². The van der Waals surface area contributed by atoms with Crippen molar-refractivity contribution in [1.29, 1.82) is 0 Å². The van der Waals surface area contributed by atoms with E-state index in [1.54, 1.807) is 6.07 Å². The first-order chi connectivity index (χ1) is 8.26. The van der Waals surface area contributed by atoms with Crippen LogP contribution in [0.15, 0.2) is 18.2 Å². The van der Waals surface area contributed by atoms with Crippen LogP contribution in [0.1, 0.15) is 10.4 Å². The highest BCUT2D eigenvalue weighted by molar-refractivity contribution is 6.31. The second-order valence-corrected chi connectivity index (χ2v) is 5.26. The van der Waals surface area contributed by atoms with Gasteiger partial charge in [-0.3, -0.25) is 4.79 Å². The number of nitrogens with zero attached hydrogens (tertiary/aromatic N) is 1. The van der Waals surface area contributed by atoms with E-state index in [-0.39, 0.29) is 0 Å². The Morgan fingerprint density at radius 3 is 2.59 bits per heavy atom. The molecule has 3 rings (SSSR count). The van der Waals surface area contributed by atoms with Crippen molar-refractivity contribution in [1.82, 2.24) is 0 Å². The lowest BCUT2D eigenvalue weighted by Gasteiger charge is -2.20. The summed E-state index contributed by atoms with van der Waals surface area (Å²) in [5.41, 5.74) is 1.69. The summed E-state index contributed by atoms with van der Waals surface area (Å²) >= 11 is 6.02.